The van der Waals surface area contributed by atoms with Gasteiger partial charge in [-0.25, -0.2) is 4.79 Å². The minimum atomic E-state index is -5.08. The molecule has 1 N–H and O–H groups in total. The van der Waals surface area contributed by atoms with Gasteiger partial charge in [-0.15, -0.1) is 0 Å². The molecule has 0 spiro atoms. The number of hydrogen-bond donors (Lipinski definition) is 1. The van der Waals surface area contributed by atoms with Gasteiger partial charge in [-0.1, -0.05) is 5.16 Å². The van der Waals surface area contributed by atoms with E-state index in [1.165, 1.54) is 0 Å². The minimum Gasteiger partial charge on any atom is -0.475 e. The number of carbonyl (C=O) groups is 1. The Bertz CT molecular complexity index is 722. The zero-order chi connectivity index (χ0) is 22.5. The predicted octanol–water partition coefficient (Wildman–Crippen LogP) is 2.51. The maximum Gasteiger partial charge on any atom is 0.490 e. The van der Waals surface area contributed by atoms with Gasteiger partial charge >= 0.3 is 12.1 Å². The topological polar surface area (TPSA) is 94.3 Å². The van der Waals surface area contributed by atoms with Crippen LogP contribution >= 0.6 is 0 Å². The zero-order valence-electron chi connectivity index (χ0n) is 17.5. The van der Waals surface area contributed by atoms with Gasteiger partial charge in [0.05, 0.1) is 25.5 Å². The first kappa shape index (κ1) is 24.0. The fraction of sp³-hybridized carbons (Fsp3) is 0.800. The van der Waals surface area contributed by atoms with Crippen LogP contribution in [-0.2, 0) is 25.5 Å². The van der Waals surface area contributed by atoms with Crippen LogP contribution < -0.4 is 0 Å². The van der Waals surface area contributed by atoms with E-state index in [4.69, 9.17) is 28.6 Å². The van der Waals surface area contributed by atoms with E-state index < -0.39 is 12.1 Å². The lowest BCUT2D eigenvalue weighted by Gasteiger charge is -2.29. The van der Waals surface area contributed by atoms with Gasteiger partial charge in [0.2, 0.25) is 0 Å². The number of halogens is 3. The first-order chi connectivity index (χ1) is 14.7. The summed E-state index contributed by atoms with van der Waals surface area (Å²) < 4.78 is 54.3. The van der Waals surface area contributed by atoms with Crippen molar-refractivity contribution in [2.24, 2.45) is 17.3 Å². The Morgan fingerprint density at radius 2 is 2.06 bits per heavy atom. The van der Waals surface area contributed by atoms with Gasteiger partial charge in [-0.2, -0.15) is 13.2 Å². The number of aryl methyl sites for hydroxylation is 1. The lowest BCUT2D eigenvalue weighted by molar-refractivity contribution is -0.192. The van der Waals surface area contributed by atoms with E-state index in [1.54, 1.807) is 0 Å². The highest BCUT2D eigenvalue weighted by atomic mass is 19.4. The molecule has 1 aromatic rings. The number of ether oxygens (including phenoxy) is 3. The summed E-state index contributed by atoms with van der Waals surface area (Å²) >= 11 is 0. The number of likely N-dealkylation sites (tertiary alicyclic amines) is 1. The molecule has 2 atom stereocenters. The van der Waals surface area contributed by atoms with Crippen molar-refractivity contribution in [3.8, 4) is 0 Å². The Labute approximate surface area is 178 Å². The third kappa shape index (κ3) is 6.64. The van der Waals surface area contributed by atoms with E-state index in [2.05, 4.69) is 10.1 Å². The largest absolute Gasteiger partial charge is 0.490 e. The summed E-state index contributed by atoms with van der Waals surface area (Å²) in [7, 11) is 0. The van der Waals surface area contributed by atoms with Gasteiger partial charge in [0, 0.05) is 56.9 Å². The molecular weight excluding hydrogens is 421 g/mol. The lowest BCUT2D eigenvalue weighted by atomic mass is 9.82. The normalized spacial score (nSPS) is 27.0. The first-order valence-electron chi connectivity index (χ1n) is 10.4. The third-order valence-corrected chi connectivity index (χ3v) is 5.98. The molecule has 11 heteroatoms. The van der Waals surface area contributed by atoms with Crippen molar-refractivity contribution in [3.63, 3.8) is 0 Å². The summed E-state index contributed by atoms with van der Waals surface area (Å²) in [5.41, 5.74) is 1.18. The fourth-order valence-electron chi connectivity index (χ4n) is 4.33. The van der Waals surface area contributed by atoms with Gasteiger partial charge in [0.15, 0.2) is 0 Å². The highest BCUT2D eigenvalue weighted by molar-refractivity contribution is 5.73. The summed E-state index contributed by atoms with van der Waals surface area (Å²) in [5.74, 6) is -0.651. The Kier molecular flexibility index (Phi) is 7.95. The van der Waals surface area contributed by atoms with Gasteiger partial charge in [0.1, 0.15) is 5.76 Å². The summed E-state index contributed by atoms with van der Waals surface area (Å²) in [6.07, 6.45) is -2.82. The number of rotatable bonds is 6. The molecule has 0 unspecified atom stereocenters. The SMILES string of the molecule is Cc1cc(CN2C[C@@H]3COC[C@]3(COCC3CCOCC3)C2)no1.O=C(O)C(F)(F)F. The molecule has 0 radical (unpaired) electrons. The summed E-state index contributed by atoms with van der Waals surface area (Å²) in [5, 5.41) is 11.3. The maximum absolute atomic E-state index is 10.6. The van der Waals surface area contributed by atoms with E-state index in [0.717, 1.165) is 83.6 Å². The summed E-state index contributed by atoms with van der Waals surface area (Å²) in [6, 6.07) is 2.03. The molecule has 0 bridgehead atoms. The number of nitrogens with zero attached hydrogens (tertiary/aromatic N) is 2. The minimum absolute atomic E-state index is 0.157. The molecular formula is C20H29F3N2O6. The predicted molar refractivity (Wildman–Crippen MR) is 101 cm³/mol. The number of fused-ring (bicyclic) bond motifs is 1. The first-order valence-corrected chi connectivity index (χ1v) is 10.4. The van der Waals surface area contributed by atoms with E-state index >= 15 is 0 Å². The molecule has 1 aromatic heterocycles. The van der Waals surface area contributed by atoms with E-state index in [-0.39, 0.29) is 5.41 Å². The van der Waals surface area contributed by atoms with Gasteiger partial charge in [-0.3, -0.25) is 4.90 Å². The van der Waals surface area contributed by atoms with Gasteiger partial charge < -0.3 is 23.8 Å². The van der Waals surface area contributed by atoms with Crippen LogP contribution in [0.2, 0.25) is 0 Å². The highest BCUT2D eigenvalue weighted by Gasteiger charge is 2.50. The Hall–Kier alpha value is -1.69. The zero-order valence-corrected chi connectivity index (χ0v) is 17.5. The van der Waals surface area contributed by atoms with E-state index in [1.807, 2.05) is 13.0 Å². The second-order valence-electron chi connectivity index (χ2n) is 8.55. The molecule has 3 fully saturated rings. The monoisotopic (exact) mass is 450 g/mol. The molecule has 0 aromatic carbocycles. The van der Waals surface area contributed by atoms with E-state index in [9.17, 15) is 13.2 Å². The van der Waals surface area contributed by atoms with Crippen LogP contribution in [0.15, 0.2) is 10.6 Å². The average Bonchev–Trinajstić information content (AvgIpc) is 3.37. The summed E-state index contributed by atoms with van der Waals surface area (Å²) in [4.78, 5) is 11.4. The molecule has 31 heavy (non-hydrogen) atoms. The van der Waals surface area contributed by atoms with Gasteiger partial charge in [-0.05, 0) is 25.7 Å². The third-order valence-electron chi connectivity index (χ3n) is 5.98. The van der Waals surface area contributed by atoms with Crippen LogP contribution in [-0.4, -0.2) is 80.0 Å². The lowest BCUT2D eigenvalue weighted by Crippen LogP contribution is -2.36. The molecule has 3 aliphatic heterocycles. The van der Waals surface area contributed by atoms with Crippen molar-refractivity contribution in [2.45, 2.75) is 32.5 Å². The van der Waals surface area contributed by atoms with Crippen molar-refractivity contribution in [1.29, 1.82) is 0 Å². The van der Waals surface area contributed by atoms with Crippen LogP contribution in [0, 0.1) is 24.2 Å². The Morgan fingerprint density at radius 3 is 2.68 bits per heavy atom. The molecule has 3 aliphatic rings. The molecule has 0 aliphatic carbocycles. The Morgan fingerprint density at radius 1 is 1.35 bits per heavy atom. The van der Waals surface area contributed by atoms with Crippen molar-refractivity contribution in [1.82, 2.24) is 10.1 Å². The van der Waals surface area contributed by atoms with Crippen molar-refractivity contribution >= 4 is 5.97 Å². The maximum atomic E-state index is 10.6. The van der Waals surface area contributed by atoms with Crippen LogP contribution in [0.4, 0.5) is 13.2 Å². The quantitative estimate of drug-likeness (QED) is 0.707. The van der Waals surface area contributed by atoms with Crippen LogP contribution in [0.1, 0.15) is 24.3 Å². The standard InChI is InChI=1S/C18H28N2O4.C2HF3O2/c1-14-6-17(19-24-14)8-20-7-16-10-23-13-18(16,11-20)12-22-9-15-2-4-21-5-3-15;3-2(4,5)1(6)7/h6,15-16H,2-5,7-13H2,1H3;(H,6,7)/t16-,18-;/m1./s1. The smallest absolute Gasteiger partial charge is 0.475 e. The number of alkyl halides is 3. The second kappa shape index (κ2) is 10.3. The highest BCUT2D eigenvalue weighted by Crippen LogP contribution is 2.42. The number of hydrogen-bond acceptors (Lipinski definition) is 7. The van der Waals surface area contributed by atoms with E-state index in [0.29, 0.717) is 11.8 Å². The number of carboxylic acids is 1. The van der Waals surface area contributed by atoms with Crippen molar-refractivity contribution < 1.29 is 41.8 Å². The van der Waals surface area contributed by atoms with Crippen molar-refractivity contribution in [2.75, 3.05) is 52.7 Å². The molecule has 0 amide bonds. The molecule has 8 nitrogen and oxygen atoms in total. The number of carboxylic acid groups (broad SMARTS) is 1. The van der Waals surface area contributed by atoms with Crippen LogP contribution in [0.3, 0.4) is 0 Å². The van der Waals surface area contributed by atoms with Crippen molar-refractivity contribution in [3.05, 3.63) is 17.5 Å². The summed E-state index contributed by atoms with van der Waals surface area (Å²) in [6.45, 7) is 10.00. The fourth-order valence-corrected chi connectivity index (χ4v) is 4.33. The number of aromatic nitrogens is 1. The number of aliphatic carboxylic acids is 1. The van der Waals surface area contributed by atoms with Crippen LogP contribution in [0.25, 0.3) is 0 Å². The van der Waals surface area contributed by atoms with Crippen LogP contribution in [0.5, 0.6) is 0 Å². The second-order valence-corrected chi connectivity index (χ2v) is 8.55. The molecule has 0 saturated carbocycles. The molecule has 176 valence electrons. The molecule has 3 saturated heterocycles. The Balaban J connectivity index is 0.000000339. The average molecular weight is 450 g/mol. The molecule has 4 rings (SSSR count). The molecule has 4 heterocycles. The van der Waals surface area contributed by atoms with Gasteiger partial charge in [0.25, 0.3) is 0 Å².